The van der Waals surface area contributed by atoms with Crippen LogP contribution in [0.25, 0.3) is 0 Å². The van der Waals surface area contributed by atoms with Gasteiger partial charge in [0.05, 0.1) is 12.5 Å². The summed E-state index contributed by atoms with van der Waals surface area (Å²) in [5.41, 5.74) is 0.448. The second-order valence-corrected chi connectivity index (χ2v) is 7.05. The molecule has 1 aliphatic carbocycles. The van der Waals surface area contributed by atoms with E-state index in [1.807, 2.05) is 6.92 Å². The molecule has 3 heteroatoms. The molecule has 0 radical (unpaired) electrons. The first-order chi connectivity index (χ1) is 8.20. The Hall–Kier alpha value is -0.570. The van der Waals surface area contributed by atoms with Gasteiger partial charge in [-0.2, -0.15) is 0 Å². The van der Waals surface area contributed by atoms with Crippen molar-refractivity contribution in [2.45, 2.75) is 58.9 Å². The maximum absolute atomic E-state index is 11.9. The Balaban J connectivity index is 2.76. The van der Waals surface area contributed by atoms with Gasteiger partial charge in [-0.15, -0.1) is 0 Å². The van der Waals surface area contributed by atoms with Crippen LogP contribution in [0, 0.1) is 11.3 Å². The smallest absolute Gasteiger partial charge is 0.308 e. The fourth-order valence-electron chi connectivity index (χ4n) is 3.28. The molecule has 0 aliphatic heterocycles. The first kappa shape index (κ1) is 15.5. The molecule has 2 atom stereocenters. The molecule has 0 N–H and O–H groups in total. The van der Waals surface area contributed by atoms with E-state index in [4.69, 9.17) is 4.74 Å². The van der Waals surface area contributed by atoms with Gasteiger partial charge in [-0.25, -0.2) is 0 Å². The van der Waals surface area contributed by atoms with Gasteiger partial charge in [0.25, 0.3) is 0 Å². The number of esters is 1. The zero-order chi connectivity index (χ0) is 14.0. The van der Waals surface area contributed by atoms with Crippen molar-refractivity contribution in [2.75, 3.05) is 20.7 Å². The number of hydrogen-bond donors (Lipinski definition) is 0. The normalized spacial score (nSPS) is 28.7. The lowest BCUT2D eigenvalue weighted by atomic mass is 9.77. The van der Waals surface area contributed by atoms with Gasteiger partial charge in [0.1, 0.15) is 0 Å². The number of rotatable bonds is 4. The summed E-state index contributed by atoms with van der Waals surface area (Å²) >= 11 is 0. The Morgan fingerprint density at radius 1 is 1.39 bits per heavy atom. The number of hydrogen-bond acceptors (Lipinski definition) is 3. The Morgan fingerprint density at radius 2 is 2.00 bits per heavy atom. The molecule has 0 aromatic carbocycles. The lowest BCUT2D eigenvalue weighted by molar-refractivity contribution is -0.148. The van der Waals surface area contributed by atoms with Crippen LogP contribution >= 0.6 is 0 Å². The van der Waals surface area contributed by atoms with Gasteiger partial charge in [-0.3, -0.25) is 4.79 Å². The molecule has 0 bridgehead atoms. The van der Waals surface area contributed by atoms with E-state index in [1.165, 1.54) is 0 Å². The van der Waals surface area contributed by atoms with E-state index in [9.17, 15) is 4.79 Å². The van der Waals surface area contributed by atoms with Crippen LogP contribution in [0.3, 0.4) is 0 Å². The van der Waals surface area contributed by atoms with Crippen LogP contribution in [0.1, 0.15) is 53.4 Å². The van der Waals surface area contributed by atoms with E-state index in [2.05, 4.69) is 39.8 Å². The average molecular weight is 255 g/mol. The third-order valence-electron chi connectivity index (χ3n) is 4.01. The lowest BCUT2D eigenvalue weighted by Crippen LogP contribution is -2.45. The highest BCUT2D eigenvalue weighted by molar-refractivity contribution is 5.73. The zero-order valence-corrected chi connectivity index (χ0v) is 12.9. The van der Waals surface area contributed by atoms with Crippen LogP contribution < -0.4 is 0 Å². The molecule has 1 rings (SSSR count). The molecule has 0 amide bonds. The standard InChI is InChI=1S/C15H29NO2/c1-7-18-13(17)12-8-9-15(10-12,16(5)6)11-14(2,3)4/h12H,7-11H2,1-6H3. The summed E-state index contributed by atoms with van der Waals surface area (Å²) in [5, 5.41) is 0. The fraction of sp³-hybridized carbons (Fsp3) is 0.933. The van der Waals surface area contributed by atoms with Gasteiger partial charge in [0.2, 0.25) is 0 Å². The van der Waals surface area contributed by atoms with E-state index >= 15 is 0 Å². The van der Waals surface area contributed by atoms with Gasteiger partial charge in [0.15, 0.2) is 0 Å². The van der Waals surface area contributed by atoms with E-state index < -0.39 is 0 Å². The molecule has 106 valence electrons. The van der Waals surface area contributed by atoms with Crippen molar-refractivity contribution in [2.24, 2.45) is 11.3 Å². The maximum atomic E-state index is 11.9. The number of carbonyl (C=O) groups is 1. The van der Waals surface area contributed by atoms with Gasteiger partial charge in [0, 0.05) is 5.54 Å². The van der Waals surface area contributed by atoms with Crippen molar-refractivity contribution in [3.8, 4) is 0 Å². The summed E-state index contributed by atoms with van der Waals surface area (Å²) in [4.78, 5) is 14.2. The van der Waals surface area contributed by atoms with Crippen LogP contribution in [0.4, 0.5) is 0 Å². The molecular formula is C15H29NO2. The molecule has 0 saturated heterocycles. The summed E-state index contributed by atoms with van der Waals surface area (Å²) < 4.78 is 5.17. The highest BCUT2D eigenvalue weighted by atomic mass is 16.5. The van der Waals surface area contributed by atoms with Crippen molar-refractivity contribution in [1.82, 2.24) is 4.90 Å². The monoisotopic (exact) mass is 255 g/mol. The first-order valence-electron chi connectivity index (χ1n) is 7.04. The third-order valence-corrected chi connectivity index (χ3v) is 4.01. The number of carbonyl (C=O) groups excluding carboxylic acids is 1. The van der Waals surface area contributed by atoms with Crippen molar-refractivity contribution in [3.05, 3.63) is 0 Å². The summed E-state index contributed by atoms with van der Waals surface area (Å²) in [5.74, 6) is 0.0878. The van der Waals surface area contributed by atoms with Crippen molar-refractivity contribution < 1.29 is 9.53 Å². The van der Waals surface area contributed by atoms with E-state index in [1.54, 1.807) is 0 Å². The van der Waals surface area contributed by atoms with Gasteiger partial charge >= 0.3 is 5.97 Å². The predicted octanol–water partition coefficient (Wildman–Crippen LogP) is 3.09. The molecule has 3 nitrogen and oxygen atoms in total. The van der Waals surface area contributed by atoms with Crippen LogP contribution in [-0.4, -0.2) is 37.1 Å². The molecule has 1 fully saturated rings. The molecule has 0 aromatic rings. The molecule has 0 spiro atoms. The Kier molecular flexibility index (Phi) is 4.82. The summed E-state index contributed by atoms with van der Waals surface area (Å²) in [6, 6.07) is 0. The van der Waals surface area contributed by atoms with Crippen LogP contribution in [0.5, 0.6) is 0 Å². The largest absolute Gasteiger partial charge is 0.466 e. The predicted molar refractivity (Wildman–Crippen MR) is 74.5 cm³/mol. The SMILES string of the molecule is CCOC(=O)C1CCC(CC(C)(C)C)(N(C)C)C1. The second-order valence-electron chi connectivity index (χ2n) is 7.05. The van der Waals surface area contributed by atoms with Crippen molar-refractivity contribution in [1.29, 1.82) is 0 Å². The fourth-order valence-corrected chi connectivity index (χ4v) is 3.28. The van der Waals surface area contributed by atoms with Gasteiger partial charge in [-0.1, -0.05) is 20.8 Å². The lowest BCUT2D eigenvalue weighted by Gasteiger charge is -2.41. The minimum absolute atomic E-state index is 0.00451. The first-order valence-corrected chi connectivity index (χ1v) is 7.04. The highest BCUT2D eigenvalue weighted by Crippen LogP contribution is 2.45. The van der Waals surface area contributed by atoms with E-state index in [-0.39, 0.29) is 22.8 Å². The van der Waals surface area contributed by atoms with Crippen LogP contribution in [-0.2, 0) is 9.53 Å². The van der Waals surface area contributed by atoms with Crippen LogP contribution in [0.2, 0.25) is 0 Å². The summed E-state index contributed by atoms with van der Waals surface area (Å²) in [6.07, 6.45) is 4.13. The quantitative estimate of drug-likeness (QED) is 0.723. The molecular weight excluding hydrogens is 226 g/mol. The number of ether oxygens (including phenoxy) is 1. The minimum atomic E-state index is -0.00451. The van der Waals surface area contributed by atoms with E-state index in [0.29, 0.717) is 6.61 Å². The summed E-state index contributed by atoms with van der Waals surface area (Å²) in [6.45, 7) is 9.19. The average Bonchev–Trinajstić information content (AvgIpc) is 2.61. The highest BCUT2D eigenvalue weighted by Gasteiger charge is 2.45. The molecule has 1 aliphatic rings. The maximum Gasteiger partial charge on any atom is 0.308 e. The molecule has 1 saturated carbocycles. The van der Waals surface area contributed by atoms with Gasteiger partial charge < -0.3 is 9.64 Å². The van der Waals surface area contributed by atoms with Gasteiger partial charge in [-0.05, 0) is 52.1 Å². The summed E-state index contributed by atoms with van der Waals surface area (Å²) in [7, 11) is 4.28. The Morgan fingerprint density at radius 3 is 2.44 bits per heavy atom. The van der Waals surface area contributed by atoms with E-state index in [0.717, 1.165) is 25.7 Å². The number of nitrogens with zero attached hydrogens (tertiary/aromatic N) is 1. The van der Waals surface area contributed by atoms with Crippen molar-refractivity contribution in [3.63, 3.8) is 0 Å². The van der Waals surface area contributed by atoms with Crippen molar-refractivity contribution >= 4 is 5.97 Å². The Labute approximate surface area is 112 Å². The molecule has 0 aromatic heterocycles. The zero-order valence-electron chi connectivity index (χ0n) is 12.9. The molecule has 0 heterocycles. The Bertz CT molecular complexity index is 293. The molecule has 18 heavy (non-hydrogen) atoms. The minimum Gasteiger partial charge on any atom is -0.466 e. The second kappa shape index (κ2) is 5.60. The molecule has 2 unspecified atom stereocenters. The topological polar surface area (TPSA) is 29.5 Å². The van der Waals surface area contributed by atoms with Crippen LogP contribution in [0.15, 0.2) is 0 Å². The third kappa shape index (κ3) is 3.71.